The van der Waals surface area contributed by atoms with E-state index < -0.39 is 0 Å². The molecule has 1 atom stereocenters. The van der Waals surface area contributed by atoms with Gasteiger partial charge in [0.25, 0.3) is 0 Å². The fourth-order valence-corrected chi connectivity index (χ4v) is 2.42. The Balaban J connectivity index is -0.000000139. The molecule has 0 aromatic rings. The van der Waals surface area contributed by atoms with E-state index >= 15 is 0 Å². The second-order valence-corrected chi connectivity index (χ2v) is 4.62. The van der Waals surface area contributed by atoms with Crippen molar-refractivity contribution < 1.29 is 43.8 Å². The van der Waals surface area contributed by atoms with Gasteiger partial charge in [-0.15, -0.1) is 0 Å². The number of allylic oxidation sites excluding steroid dienone is 1. The molecule has 0 bridgehead atoms. The molecule has 2 rings (SSSR count). The molecule has 1 spiro atoms. The molecule has 1 aliphatic carbocycles. The Morgan fingerprint density at radius 3 is 1.59 bits per heavy atom. The van der Waals surface area contributed by atoms with E-state index in [2.05, 4.69) is 62.1 Å². The molecule has 2 aliphatic rings. The first-order valence-corrected chi connectivity index (χ1v) is 6.24. The van der Waals surface area contributed by atoms with Crippen LogP contribution in [0.1, 0.15) is 39.0 Å². The molecule has 0 amide bonds. The van der Waals surface area contributed by atoms with Gasteiger partial charge in [-0.05, 0) is 0 Å². The molecule has 22 heavy (non-hydrogen) atoms. The Morgan fingerprint density at radius 1 is 0.909 bits per heavy atom. The average molecular weight is 342 g/mol. The van der Waals surface area contributed by atoms with Crippen LogP contribution in [0.3, 0.4) is 0 Å². The van der Waals surface area contributed by atoms with Crippen LogP contribution in [-0.4, -0.2) is 10.2 Å². The molecular formula is C15H14CrO6. The van der Waals surface area contributed by atoms with Gasteiger partial charge in [-0.2, -0.15) is 0 Å². The van der Waals surface area contributed by atoms with Crippen LogP contribution in [0.15, 0.2) is 11.6 Å². The first-order chi connectivity index (χ1) is 10.7. The van der Waals surface area contributed by atoms with Gasteiger partial charge >= 0.3 is 138 Å². The Hall–Kier alpha value is -1.20. The van der Waals surface area contributed by atoms with Gasteiger partial charge in [-0.3, -0.25) is 0 Å². The fourth-order valence-electron chi connectivity index (χ4n) is 1.98. The molecule has 1 unspecified atom stereocenters. The molecule has 7 heteroatoms. The van der Waals surface area contributed by atoms with Gasteiger partial charge in [-0.1, -0.05) is 0 Å². The summed E-state index contributed by atoms with van der Waals surface area (Å²) in [5, 5.41) is 0. The van der Waals surface area contributed by atoms with E-state index in [4.69, 9.17) is 28.0 Å². The second kappa shape index (κ2) is 22.1. The normalized spacial score (nSPS) is 20.0. The van der Waals surface area contributed by atoms with Gasteiger partial charge in [0.2, 0.25) is 0 Å². The van der Waals surface area contributed by atoms with E-state index in [-0.39, 0.29) is 5.60 Å². The van der Waals surface area contributed by atoms with Gasteiger partial charge < -0.3 is 0 Å². The summed E-state index contributed by atoms with van der Waals surface area (Å²) in [6.45, 7) is 24.7. The van der Waals surface area contributed by atoms with E-state index in [0.717, 1.165) is 17.4 Å². The standard InChI is InChI=1S/C10H14O.5CO.Cr/c1-9-3-6-10(7-4-9)5-2-8-11-10;5*1-2;/h3H,2,4-7H2,1H3;;;;;;. The van der Waals surface area contributed by atoms with Crippen molar-refractivity contribution in [2.24, 2.45) is 0 Å². The van der Waals surface area contributed by atoms with Gasteiger partial charge in [0, 0.05) is 0 Å². The zero-order valence-corrected chi connectivity index (χ0v) is 13.2. The summed E-state index contributed by atoms with van der Waals surface area (Å²) < 4.78 is 44.5. The Bertz CT molecular complexity index is 395. The molecule has 6 nitrogen and oxygen atoms in total. The predicted octanol–water partition coefficient (Wildman–Crippen LogP) is 2.15. The zero-order valence-electron chi connectivity index (χ0n) is 12.0. The minimum absolute atomic E-state index is 0.181. The molecular weight excluding hydrogens is 328 g/mol. The Morgan fingerprint density at radius 2 is 1.32 bits per heavy atom. The van der Waals surface area contributed by atoms with Crippen LogP contribution in [-0.2, 0) is 43.8 Å². The third-order valence-electron chi connectivity index (χ3n) is 2.91. The van der Waals surface area contributed by atoms with Crippen LogP contribution in [0.5, 0.6) is 0 Å². The maximum absolute atomic E-state index is 7.50. The number of ether oxygens (including phenoxy) is 1. The van der Waals surface area contributed by atoms with Crippen molar-refractivity contribution in [2.75, 3.05) is 0 Å². The molecule has 1 aliphatic heterocycles. The van der Waals surface area contributed by atoms with Gasteiger partial charge in [-0.25, -0.2) is 0 Å². The number of hydrogen-bond acceptors (Lipinski definition) is 1. The molecule has 0 saturated carbocycles. The summed E-state index contributed by atoms with van der Waals surface area (Å²) in [5.74, 6) is 0. The summed E-state index contributed by atoms with van der Waals surface area (Å²) >= 11 is 3.00. The maximum atomic E-state index is 7.50. The van der Waals surface area contributed by atoms with Crippen molar-refractivity contribution in [1.29, 1.82) is 0 Å². The number of rotatable bonds is 0. The first-order valence-electron chi connectivity index (χ1n) is 5.60. The van der Waals surface area contributed by atoms with Gasteiger partial charge in [0.15, 0.2) is 0 Å². The van der Waals surface area contributed by atoms with E-state index in [1.807, 2.05) is 0 Å². The van der Waals surface area contributed by atoms with Crippen molar-refractivity contribution in [1.82, 2.24) is 0 Å². The predicted molar refractivity (Wildman–Crippen MR) is 65.3 cm³/mol. The Kier molecular flexibility index (Phi) is 29.0. The molecule has 1 saturated heterocycles. The SMILES string of the molecule is CC1=CCC2(CC[C](=[Cr])O2)CC1.[C-]#[O+].[C-]#[O+].[C-]#[O+].[C-]#[O+].[C-]#[O+]. The zero-order chi connectivity index (χ0) is 18.6. The van der Waals surface area contributed by atoms with Crippen LogP contribution in [0.4, 0.5) is 0 Å². The minimum atomic E-state index is 0.181. The summed E-state index contributed by atoms with van der Waals surface area (Å²) in [6.07, 6.45) is 8.20. The summed E-state index contributed by atoms with van der Waals surface area (Å²) in [6, 6.07) is 0. The molecule has 116 valence electrons. The second-order valence-electron chi connectivity index (χ2n) is 3.91. The van der Waals surface area contributed by atoms with Crippen LogP contribution < -0.4 is 0 Å². The van der Waals surface area contributed by atoms with Crippen LogP contribution >= 0.6 is 0 Å². The van der Waals surface area contributed by atoms with E-state index in [1.165, 1.54) is 24.8 Å². The molecule has 1 fully saturated rings. The van der Waals surface area contributed by atoms with Crippen molar-refractivity contribution in [3.63, 3.8) is 0 Å². The van der Waals surface area contributed by atoms with Gasteiger partial charge in [0.1, 0.15) is 0 Å². The van der Waals surface area contributed by atoms with Crippen LogP contribution in [0.2, 0.25) is 0 Å². The molecule has 0 aromatic carbocycles. The van der Waals surface area contributed by atoms with Crippen molar-refractivity contribution in [2.45, 2.75) is 44.6 Å². The van der Waals surface area contributed by atoms with Crippen molar-refractivity contribution in [3.8, 4) is 0 Å². The molecule has 0 radical (unpaired) electrons. The van der Waals surface area contributed by atoms with E-state index in [0.29, 0.717) is 0 Å². The third-order valence-corrected chi connectivity index (χ3v) is 3.36. The quantitative estimate of drug-likeness (QED) is 0.375. The molecule has 0 aromatic heterocycles. The van der Waals surface area contributed by atoms with Crippen LogP contribution in [0, 0.1) is 33.3 Å². The van der Waals surface area contributed by atoms with Gasteiger partial charge in [0.05, 0.1) is 0 Å². The van der Waals surface area contributed by atoms with E-state index in [1.54, 1.807) is 0 Å². The fraction of sp³-hybridized carbons (Fsp3) is 0.467. The average Bonchev–Trinajstić information content (AvgIpc) is 3.00. The summed E-state index contributed by atoms with van der Waals surface area (Å²) in [5.41, 5.74) is 1.71. The summed E-state index contributed by atoms with van der Waals surface area (Å²) in [4.78, 5) is 0. The topological polar surface area (TPSA) is 109 Å². The molecule has 0 N–H and O–H groups in total. The van der Waals surface area contributed by atoms with Crippen molar-refractivity contribution in [3.05, 3.63) is 44.9 Å². The summed E-state index contributed by atoms with van der Waals surface area (Å²) in [7, 11) is 0. The monoisotopic (exact) mass is 342 g/mol. The number of hydrogen-bond donors (Lipinski definition) is 0. The van der Waals surface area contributed by atoms with Crippen LogP contribution in [0.25, 0.3) is 0 Å². The first kappa shape index (κ1) is 28.9. The van der Waals surface area contributed by atoms with Crippen molar-refractivity contribution >= 4 is 4.57 Å². The Labute approximate surface area is 138 Å². The molecule has 1 heterocycles. The third kappa shape index (κ3) is 12.5. The van der Waals surface area contributed by atoms with E-state index in [9.17, 15) is 0 Å².